The van der Waals surface area contributed by atoms with Crippen LogP contribution in [0.5, 0.6) is 0 Å². The molecule has 3 heteroatoms. The Labute approximate surface area is 84.9 Å². The molecule has 2 aliphatic rings. The number of hydrogen-bond acceptors (Lipinski definition) is 2. The van der Waals surface area contributed by atoms with Gasteiger partial charge in [0.05, 0.1) is 12.1 Å². The molecule has 2 atom stereocenters. The maximum Gasteiger partial charge on any atom is 0.223 e. The summed E-state index contributed by atoms with van der Waals surface area (Å²) in [7, 11) is 0. The first-order valence-electron chi connectivity index (χ1n) is 5.60. The van der Waals surface area contributed by atoms with E-state index >= 15 is 0 Å². The van der Waals surface area contributed by atoms with E-state index in [0.29, 0.717) is 5.92 Å². The number of carbonyl (C=O) groups excluding carboxylic acids is 1. The van der Waals surface area contributed by atoms with Gasteiger partial charge in [0.1, 0.15) is 0 Å². The van der Waals surface area contributed by atoms with Gasteiger partial charge in [-0.05, 0) is 31.6 Å². The zero-order valence-corrected chi connectivity index (χ0v) is 8.75. The third-order valence-electron chi connectivity index (χ3n) is 3.74. The van der Waals surface area contributed by atoms with E-state index in [1.165, 1.54) is 12.8 Å². The van der Waals surface area contributed by atoms with Crippen LogP contribution in [0.25, 0.3) is 0 Å². The van der Waals surface area contributed by atoms with Crippen LogP contribution < -0.4 is 5.32 Å². The fourth-order valence-electron chi connectivity index (χ4n) is 2.36. The molecule has 2 saturated carbocycles. The molecule has 2 aliphatic carbocycles. The largest absolute Gasteiger partial charge is 0.394 e. The lowest BCUT2D eigenvalue weighted by molar-refractivity contribution is -0.127. The lowest BCUT2D eigenvalue weighted by Gasteiger charge is -2.20. The molecule has 2 fully saturated rings. The molecule has 0 spiro atoms. The third-order valence-corrected chi connectivity index (χ3v) is 3.74. The Bertz CT molecular complexity index is 235. The third kappa shape index (κ3) is 1.78. The molecule has 0 heterocycles. The van der Waals surface area contributed by atoms with Crippen LogP contribution in [-0.2, 0) is 4.79 Å². The molecule has 2 rings (SSSR count). The molecule has 2 N–H and O–H groups in total. The van der Waals surface area contributed by atoms with Gasteiger partial charge in [0.15, 0.2) is 0 Å². The topological polar surface area (TPSA) is 49.3 Å². The standard InChI is InChI=1S/C11H19NO2/c1-8-3-2-4-9(8)10(14)12-11(7-13)5-6-11/h8-9,13H,2-7H2,1H3,(H,12,14). The molecule has 0 radical (unpaired) electrons. The second-order valence-electron chi connectivity index (χ2n) is 4.94. The molecule has 1 amide bonds. The van der Waals surface area contributed by atoms with E-state index in [0.717, 1.165) is 19.3 Å². The highest BCUT2D eigenvalue weighted by Gasteiger charge is 2.45. The van der Waals surface area contributed by atoms with Gasteiger partial charge in [0, 0.05) is 5.92 Å². The summed E-state index contributed by atoms with van der Waals surface area (Å²) in [6.45, 7) is 2.25. The van der Waals surface area contributed by atoms with Crippen molar-refractivity contribution in [3.8, 4) is 0 Å². The zero-order chi connectivity index (χ0) is 10.2. The van der Waals surface area contributed by atoms with Gasteiger partial charge in [0.25, 0.3) is 0 Å². The molecule has 0 bridgehead atoms. The van der Waals surface area contributed by atoms with E-state index in [1.807, 2.05) is 0 Å². The van der Waals surface area contributed by atoms with E-state index in [1.54, 1.807) is 0 Å². The predicted molar refractivity (Wildman–Crippen MR) is 53.7 cm³/mol. The minimum Gasteiger partial charge on any atom is -0.394 e. The van der Waals surface area contributed by atoms with Crippen molar-refractivity contribution in [2.75, 3.05) is 6.61 Å². The Morgan fingerprint density at radius 3 is 2.64 bits per heavy atom. The summed E-state index contributed by atoms with van der Waals surface area (Å²) < 4.78 is 0. The second-order valence-corrected chi connectivity index (χ2v) is 4.94. The average molecular weight is 197 g/mol. The molecule has 80 valence electrons. The molecule has 0 aromatic heterocycles. The van der Waals surface area contributed by atoms with Crippen LogP contribution in [0.1, 0.15) is 39.0 Å². The molecule has 0 aromatic carbocycles. The van der Waals surface area contributed by atoms with Crippen LogP contribution in [0.3, 0.4) is 0 Å². The van der Waals surface area contributed by atoms with Gasteiger partial charge in [-0.1, -0.05) is 13.3 Å². The first kappa shape index (κ1) is 9.97. The molecule has 3 nitrogen and oxygen atoms in total. The summed E-state index contributed by atoms with van der Waals surface area (Å²) in [5.41, 5.74) is -0.237. The van der Waals surface area contributed by atoms with Gasteiger partial charge in [-0.3, -0.25) is 4.79 Å². The summed E-state index contributed by atoms with van der Waals surface area (Å²) in [6.07, 6.45) is 5.25. The Morgan fingerprint density at radius 1 is 1.50 bits per heavy atom. The van der Waals surface area contributed by atoms with Crippen molar-refractivity contribution in [2.45, 2.75) is 44.6 Å². The van der Waals surface area contributed by atoms with Crippen LogP contribution in [0, 0.1) is 11.8 Å². The number of rotatable bonds is 3. The molecular weight excluding hydrogens is 178 g/mol. The smallest absolute Gasteiger partial charge is 0.223 e. The van der Waals surface area contributed by atoms with E-state index in [4.69, 9.17) is 5.11 Å². The van der Waals surface area contributed by atoms with Crippen molar-refractivity contribution in [1.82, 2.24) is 5.32 Å². The lowest BCUT2D eigenvalue weighted by Crippen LogP contribution is -2.43. The Kier molecular flexibility index (Phi) is 2.52. The van der Waals surface area contributed by atoms with Crippen molar-refractivity contribution in [2.24, 2.45) is 11.8 Å². The number of aliphatic hydroxyl groups excluding tert-OH is 1. The number of nitrogens with one attached hydrogen (secondary N) is 1. The highest BCUT2D eigenvalue weighted by atomic mass is 16.3. The van der Waals surface area contributed by atoms with E-state index < -0.39 is 0 Å². The number of hydrogen-bond donors (Lipinski definition) is 2. The first-order valence-corrected chi connectivity index (χ1v) is 5.60. The van der Waals surface area contributed by atoms with Crippen molar-refractivity contribution in [1.29, 1.82) is 0 Å². The normalized spacial score (nSPS) is 34.1. The summed E-state index contributed by atoms with van der Waals surface area (Å²) in [4.78, 5) is 11.8. The van der Waals surface area contributed by atoms with Crippen LogP contribution >= 0.6 is 0 Å². The highest BCUT2D eigenvalue weighted by molar-refractivity contribution is 5.80. The van der Waals surface area contributed by atoms with E-state index in [-0.39, 0.29) is 24.0 Å². The van der Waals surface area contributed by atoms with E-state index in [9.17, 15) is 4.79 Å². The van der Waals surface area contributed by atoms with Crippen molar-refractivity contribution < 1.29 is 9.90 Å². The Balaban J connectivity index is 1.89. The number of aliphatic hydroxyl groups is 1. The van der Waals surface area contributed by atoms with Crippen LogP contribution in [0.15, 0.2) is 0 Å². The molecule has 14 heavy (non-hydrogen) atoms. The van der Waals surface area contributed by atoms with Gasteiger partial charge < -0.3 is 10.4 Å². The predicted octanol–water partition coefficient (Wildman–Crippen LogP) is 1.06. The van der Waals surface area contributed by atoms with Crippen molar-refractivity contribution in [3.63, 3.8) is 0 Å². The molecule has 0 aliphatic heterocycles. The maximum atomic E-state index is 11.8. The van der Waals surface area contributed by atoms with Crippen molar-refractivity contribution >= 4 is 5.91 Å². The van der Waals surface area contributed by atoms with Gasteiger partial charge in [-0.2, -0.15) is 0 Å². The lowest BCUT2D eigenvalue weighted by atomic mass is 9.97. The minimum absolute atomic E-state index is 0.0971. The fraction of sp³-hybridized carbons (Fsp3) is 0.909. The molecular formula is C11H19NO2. The fourth-order valence-corrected chi connectivity index (χ4v) is 2.36. The quantitative estimate of drug-likeness (QED) is 0.711. The zero-order valence-electron chi connectivity index (χ0n) is 8.75. The summed E-state index contributed by atoms with van der Waals surface area (Å²) in [5, 5.41) is 12.1. The second kappa shape index (κ2) is 3.54. The van der Waals surface area contributed by atoms with Crippen LogP contribution in [-0.4, -0.2) is 23.2 Å². The Morgan fingerprint density at radius 2 is 2.21 bits per heavy atom. The van der Waals surface area contributed by atoms with Crippen LogP contribution in [0.4, 0.5) is 0 Å². The highest BCUT2D eigenvalue weighted by Crippen LogP contribution is 2.37. The Hall–Kier alpha value is -0.570. The van der Waals surface area contributed by atoms with E-state index in [2.05, 4.69) is 12.2 Å². The first-order chi connectivity index (χ1) is 6.67. The molecule has 2 unspecified atom stereocenters. The van der Waals surface area contributed by atoms with Gasteiger partial charge in [-0.15, -0.1) is 0 Å². The number of amides is 1. The molecule has 0 aromatic rings. The van der Waals surface area contributed by atoms with Gasteiger partial charge in [0.2, 0.25) is 5.91 Å². The SMILES string of the molecule is CC1CCCC1C(=O)NC1(CO)CC1. The summed E-state index contributed by atoms with van der Waals surface area (Å²) >= 11 is 0. The van der Waals surface area contributed by atoms with Gasteiger partial charge >= 0.3 is 0 Å². The molecule has 0 saturated heterocycles. The van der Waals surface area contributed by atoms with Crippen molar-refractivity contribution in [3.05, 3.63) is 0 Å². The maximum absolute atomic E-state index is 11.8. The monoisotopic (exact) mass is 197 g/mol. The summed E-state index contributed by atoms with van der Waals surface area (Å²) in [5.74, 6) is 0.880. The van der Waals surface area contributed by atoms with Crippen LogP contribution in [0.2, 0.25) is 0 Å². The minimum atomic E-state index is -0.237. The average Bonchev–Trinajstić information content (AvgIpc) is 2.80. The number of carbonyl (C=O) groups is 1. The summed E-state index contributed by atoms with van der Waals surface area (Å²) in [6, 6.07) is 0. The van der Waals surface area contributed by atoms with Gasteiger partial charge in [-0.25, -0.2) is 0 Å².